The Morgan fingerprint density at radius 3 is 2.42 bits per heavy atom. The minimum atomic E-state index is -0.214. The van der Waals surface area contributed by atoms with Crippen LogP contribution in [-0.4, -0.2) is 24.4 Å². The monoisotopic (exact) mass is 371 g/mol. The number of hydrogen-bond acceptors (Lipinski definition) is 4. The van der Waals surface area contributed by atoms with E-state index in [2.05, 4.69) is 24.5 Å². The predicted octanol–water partition coefficient (Wildman–Crippen LogP) is 3.59. The van der Waals surface area contributed by atoms with E-state index in [1.165, 1.54) is 16.9 Å². The summed E-state index contributed by atoms with van der Waals surface area (Å²) in [5.41, 5.74) is 8.01. The number of anilines is 1. The fourth-order valence-corrected chi connectivity index (χ4v) is 3.67. The zero-order chi connectivity index (χ0) is 18.7. The molecule has 0 saturated heterocycles. The topological polar surface area (TPSA) is 84.2 Å². The van der Waals surface area contributed by atoms with Gasteiger partial charge in [-0.1, -0.05) is 26.0 Å². The number of hydrogen-bond donors (Lipinski definition) is 3. The van der Waals surface area contributed by atoms with Gasteiger partial charge in [-0.3, -0.25) is 9.59 Å². The van der Waals surface area contributed by atoms with Gasteiger partial charge in [-0.05, 0) is 53.8 Å². The van der Waals surface area contributed by atoms with Crippen LogP contribution in [-0.2, 0) is 0 Å². The molecule has 3 rings (SSSR count). The summed E-state index contributed by atoms with van der Waals surface area (Å²) in [5.74, 6) is 0.509. The molecule has 5 nitrogen and oxygen atoms in total. The maximum Gasteiger partial charge on any atom is 0.256 e. The molecule has 0 spiro atoms. The zero-order valence-corrected chi connectivity index (χ0v) is 15.9. The third-order valence-corrected chi connectivity index (χ3v) is 5.57. The van der Waals surface area contributed by atoms with Crippen molar-refractivity contribution in [2.24, 2.45) is 11.7 Å². The molecular formula is C20H25N3O2S. The minimum absolute atomic E-state index is 0.00882. The number of carbonyl (C=O) groups is 2. The van der Waals surface area contributed by atoms with Gasteiger partial charge in [-0.2, -0.15) is 0 Å². The summed E-state index contributed by atoms with van der Waals surface area (Å²) in [6, 6.07) is 9.30. The Morgan fingerprint density at radius 1 is 1.15 bits per heavy atom. The summed E-state index contributed by atoms with van der Waals surface area (Å²) in [5, 5.41) is 8.22. The first-order valence-electron chi connectivity index (χ1n) is 8.99. The SMILES string of the molecule is CC(C)c1ccc(C(=O)Nc2sccc2C(=O)NC(CN)C2CC2)cc1. The van der Waals surface area contributed by atoms with Crippen LogP contribution in [0.5, 0.6) is 0 Å². The van der Waals surface area contributed by atoms with E-state index in [1.807, 2.05) is 24.3 Å². The van der Waals surface area contributed by atoms with Crippen molar-refractivity contribution in [2.75, 3.05) is 11.9 Å². The molecule has 0 aliphatic heterocycles. The molecule has 1 fully saturated rings. The Hall–Kier alpha value is -2.18. The van der Waals surface area contributed by atoms with E-state index in [-0.39, 0.29) is 17.9 Å². The predicted molar refractivity (Wildman–Crippen MR) is 106 cm³/mol. The van der Waals surface area contributed by atoms with E-state index < -0.39 is 0 Å². The van der Waals surface area contributed by atoms with Crippen molar-refractivity contribution in [2.45, 2.75) is 38.6 Å². The number of thiophene rings is 1. The van der Waals surface area contributed by atoms with Crippen molar-refractivity contribution in [3.05, 3.63) is 52.4 Å². The van der Waals surface area contributed by atoms with E-state index in [4.69, 9.17) is 5.73 Å². The molecule has 138 valence electrons. The maximum absolute atomic E-state index is 12.6. The highest BCUT2D eigenvalue weighted by atomic mass is 32.1. The molecule has 1 atom stereocenters. The summed E-state index contributed by atoms with van der Waals surface area (Å²) in [7, 11) is 0. The minimum Gasteiger partial charge on any atom is -0.348 e. The van der Waals surface area contributed by atoms with Gasteiger partial charge >= 0.3 is 0 Å². The lowest BCUT2D eigenvalue weighted by Gasteiger charge is -2.16. The quantitative estimate of drug-likeness (QED) is 0.695. The van der Waals surface area contributed by atoms with Crippen LogP contribution in [0.25, 0.3) is 0 Å². The molecule has 2 aromatic rings. The highest BCUT2D eigenvalue weighted by Gasteiger charge is 2.32. The average molecular weight is 372 g/mol. The van der Waals surface area contributed by atoms with Crippen molar-refractivity contribution in [1.82, 2.24) is 5.32 Å². The molecular weight excluding hydrogens is 346 g/mol. The number of rotatable bonds is 7. The number of benzene rings is 1. The molecule has 4 N–H and O–H groups in total. The molecule has 1 aromatic carbocycles. The molecule has 1 aliphatic rings. The molecule has 1 unspecified atom stereocenters. The third kappa shape index (κ3) is 4.31. The van der Waals surface area contributed by atoms with Crippen molar-refractivity contribution >= 4 is 28.2 Å². The van der Waals surface area contributed by atoms with Gasteiger partial charge in [-0.25, -0.2) is 0 Å². The van der Waals surface area contributed by atoms with Crippen LogP contribution in [0.3, 0.4) is 0 Å². The molecule has 2 amide bonds. The van der Waals surface area contributed by atoms with Crippen molar-refractivity contribution < 1.29 is 9.59 Å². The molecule has 1 heterocycles. The average Bonchev–Trinajstić information content (AvgIpc) is 3.38. The first kappa shape index (κ1) is 18.6. The molecule has 1 saturated carbocycles. The van der Waals surface area contributed by atoms with E-state index >= 15 is 0 Å². The van der Waals surface area contributed by atoms with Gasteiger partial charge in [-0.15, -0.1) is 11.3 Å². The van der Waals surface area contributed by atoms with Gasteiger partial charge < -0.3 is 16.4 Å². The molecule has 1 aromatic heterocycles. The molecule has 6 heteroatoms. The second-order valence-corrected chi connectivity index (χ2v) is 7.96. The standard InChI is InChI=1S/C20H25N3O2S/c1-12(2)13-3-7-15(8-4-13)18(24)23-20-16(9-10-26-20)19(25)22-17(11-21)14-5-6-14/h3-4,7-10,12,14,17H,5-6,11,21H2,1-2H3,(H,22,25)(H,23,24). The van der Waals surface area contributed by atoms with Gasteiger partial charge in [0.2, 0.25) is 0 Å². The summed E-state index contributed by atoms with van der Waals surface area (Å²) in [6.07, 6.45) is 2.23. The van der Waals surface area contributed by atoms with E-state index in [0.29, 0.717) is 34.5 Å². The fourth-order valence-electron chi connectivity index (χ4n) is 2.89. The van der Waals surface area contributed by atoms with Crippen molar-refractivity contribution in [3.63, 3.8) is 0 Å². The van der Waals surface area contributed by atoms with Crippen LogP contribution in [0, 0.1) is 5.92 Å². The Balaban J connectivity index is 1.67. The molecule has 1 aliphatic carbocycles. The highest BCUT2D eigenvalue weighted by Crippen LogP contribution is 2.33. The first-order valence-corrected chi connectivity index (χ1v) is 9.87. The normalized spacial score (nSPS) is 14.9. The first-order chi connectivity index (χ1) is 12.5. The van der Waals surface area contributed by atoms with E-state index in [0.717, 1.165) is 12.8 Å². The number of carbonyl (C=O) groups excluding carboxylic acids is 2. The lowest BCUT2D eigenvalue weighted by Crippen LogP contribution is -2.41. The van der Waals surface area contributed by atoms with Gasteiger partial charge in [0.15, 0.2) is 0 Å². The Morgan fingerprint density at radius 2 is 1.85 bits per heavy atom. The molecule has 0 bridgehead atoms. The van der Waals surface area contributed by atoms with Crippen LogP contribution in [0.4, 0.5) is 5.00 Å². The number of amides is 2. The van der Waals surface area contributed by atoms with Crippen LogP contribution < -0.4 is 16.4 Å². The highest BCUT2D eigenvalue weighted by molar-refractivity contribution is 7.14. The zero-order valence-electron chi connectivity index (χ0n) is 15.1. The molecule has 0 radical (unpaired) electrons. The van der Waals surface area contributed by atoms with Crippen LogP contribution in [0.2, 0.25) is 0 Å². The fraction of sp³-hybridized carbons (Fsp3) is 0.400. The number of nitrogens with one attached hydrogen (secondary N) is 2. The van der Waals surface area contributed by atoms with Crippen LogP contribution in [0.1, 0.15) is 58.9 Å². The van der Waals surface area contributed by atoms with Gasteiger partial charge in [0.25, 0.3) is 11.8 Å². The second kappa shape index (κ2) is 8.01. The van der Waals surface area contributed by atoms with Gasteiger partial charge in [0, 0.05) is 18.2 Å². The summed E-state index contributed by atoms with van der Waals surface area (Å²) < 4.78 is 0. The van der Waals surface area contributed by atoms with Crippen LogP contribution in [0.15, 0.2) is 35.7 Å². The Kier molecular flexibility index (Phi) is 5.74. The summed E-state index contributed by atoms with van der Waals surface area (Å²) in [6.45, 7) is 4.66. The van der Waals surface area contributed by atoms with Crippen molar-refractivity contribution in [3.8, 4) is 0 Å². The second-order valence-electron chi connectivity index (χ2n) is 7.05. The lowest BCUT2D eigenvalue weighted by molar-refractivity contribution is 0.0935. The van der Waals surface area contributed by atoms with Gasteiger partial charge in [0.1, 0.15) is 5.00 Å². The Labute approximate surface area is 158 Å². The lowest BCUT2D eigenvalue weighted by atomic mass is 10.0. The summed E-state index contributed by atoms with van der Waals surface area (Å²) >= 11 is 1.34. The van der Waals surface area contributed by atoms with E-state index in [1.54, 1.807) is 11.4 Å². The third-order valence-electron chi connectivity index (χ3n) is 4.74. The molecule has 26 heavy (non-hydrogen) atoms. The smallest absolute Gasteiger partial charge is 0.256 e. The number of nitrogens with two attached hydrogens (primary N) is 1. The largest absolute Gasteiger partial charge is 0.348 e. The maximum atomic E-state index is 12.6. The summed E-state index contributed by atoms with van der Waals surface area (Å²) in [4.78, 5) is 25.1. The van der Waals surface area contributed by atoms with Crippen molar-refractivity contribution in [1.29, 1.82) is 0 Å². The Bertz CT molecular complexity index is 779. The van der Waals surface area contributed by atoms with E-state index in [9.17, 15) is 9.59 Å². The van der Waals surface area contributed by atoms with Gasteiger partial charge in [0.05, 0.1) is 5.56 Å². The van der Waals surface area contributed by atoms with Crippen LogP contribution >= 0.6 is 11.3 Å².